The molecule has 6 heteroatoms. The summed E-state index contributed by atoms with van der Waals surface area (Å²) in [5.41, 5.74) is 0.486. The number of halogens is 4. The van der Waals surface area contributed by atoms with E-state index in [-0.39, 0.29) is 16.3 Å². The number of fused-ring (bicyclic) bond motifs is 3. The highest BCUT2D eigenvalue weighted by Gasteiger charge is 2.16. The normalized spacial score (nSPS) is 11.1. The molecule has 0 saturated carbocycles. The van der Waals surface area contributed by atoms with Crippen LogP contribution in [0.5, 0.6) is 5.75 Å². The number of hydrogen-bond donors (Lipinski definition) is 0. The lowest BCUT2D eigenvalue weighted by Crippen LogP contribution is -1.96. The summed E-state index contributed by atoms with van der Waals surface area (Å²) in [5.74, 6) is -1.17. The van der Waals surface area contributed by atoms with Gasteiger partial charge >= 0.3 is 0 Å². The lowest BCUT2D eigenvalue weighted by molar-refractivity contribution is 0.330. The van der Waals surface area contributed by atoms with Gasteiger partial charge in [0.2, 0.25) is 0 Å². The average molecular weight is 326 g/mol. The molecule has 0 fully saturated rings. The van der Waals surface area contributed by atoms with Gasteiger partial charge in [-0.3, -0.25) is 0 Å². The van der Waals surface area contributed by atoms with Crippen LogP contribution in [-0.4, -0.2) is 6.61 Å². The standard InChI is InChI=1S/C16H10F4OS/c1-8-2-3-9-10-4-5-11(21-7-6-12(17)18)14(20)16(10)22-15(9)13(8)19/h2-6H,7H2,1H3. The van der Waals surface area contributed by atoms with E-state index in [0.29, 0.717) is 27.1 Å². The smallest absolute Gasteiger partial charge is 0.269 e. The van der Waals surface area contributed by atoms with Crippen LogP contribution in [0.1, 0.15) is 5.56 Å². The fraction of sp³-hybridized carbons (Fsp3) is 0.125. The average Bonchev–Trinajstić information content (AvgIpc) is 2.85. The molecule has 3 rings (SSSR count). The Labute approximate surface area is 127 Å². The van der Waals surface area contributed by atoms with Gasteiger partial charge in [-0.25, -0.2) is 8.78 Å². The minimum absolute atomic E-state index is 0.131. The summed E-state index contributed by atoms with van der Waals surface area (Å²) in [4.78, 5) is 0. The Morgan fingerprint density at radius 2 is 1.68 bits per heavy atom. The van der Waals surface area contributed by atoms with Crippen LogP contribution in [0.3, 0.4) is 0 Å². The lowest BCUT2D eigenvalue weighted by atomic mass is 10.1. The molecule has 0 aliphatic heterocycles. The maximum atomic E-state index is 14.4. The van der Waals surface area contributed by atoms with Crippen molar-refractivity contribution in [3.63, 3.8) is 0 Å². The SMILES string of the molecule is Cc1ccc2c(sc3c(F)c(OCC=C(F)F)ccc32)c1F. The van der Waals surface area contributed by atoms with Gasteiger partial charge in [0.1, 0.15) is 12.4 Å². The number of rotatable bonds is 3. The van der Waals surface area contributed by atoms with E-state index < -0.39 is 18.5 Å². The van der Waals surface area contributed by atoms with E-state index >= 15 is 0 Å². The molecule has 1 nitrogen and oxygen atoms in total. The van der Waals surface area contributed by atoms with E-state index in [1.807, 2.05) is 0 Å². The highest BCUT2D eigenvalue weighted by Crippen LogP contribution is 2.40. The quantitative estimate of drug-likeness (QED) is 0.553. The Kier molecular flexibility index (Phi) is 3.78. The molecule has 0 aliphatic carbocycles. The Balaban J connectivity index is 2.13. The second kappa shape index (κ2) is 5.61. The van der Waals surface area contributed by atoms with Crippen molar-refractivity contribution >= 4 is 31.5 Å². The molecule has 0 unspecified atom stereocenters. The summed E-state index contributed by atoms with van der Waals surface area (Å²) in [7, 11) is 0. The molecule has 0 spiro atoms. The van der Waals surface area contributed by atoms with Crippen molar-refractivity contribution in [1.82, 2.24) is 0 Å². The molecule has 0 saturated heterocycles. The van der Waals surface area contributed by atoms with Crippen molar-refractivity contribution in [2.75, 3.05) is 6.61 Å². The van der Waals surface area contributed by atoms with Crippen molar-refractivity contribution in [1.29, 1.82) is 0 Å². The van der Waals surface area contributed by atoms with Gasteiger partial charge in [0, 0.05) is 16.8 Å². The van der Waals surface area contributed by atoms with Crippen LogP contribution in [0.25, 0.3) is 20.2 Å². The van der Waals surface area contributed by atoms with Gasteiger partial charge in [0.15, 0.2) is 11.6 Å². The first-order valence-electron chi connectivity index (χ1n) is 6.43. The van der Waals surface area contributed by atoms with Crippen LogP contribution in [0.15, 0.2) is 36.4 Å². The molecule has 3 aromatic rings. The zero-order valence-electron chi connectivity index (χ0n) is 11.4. The van der Waals surface area contributed by atoms with E-state index in [0.717, 1.165) is 11.3 Å². The first kappa shape index (κ1) is 14.8. The zero-order chi connectivity index (χ0) is 15.9. The van der Waals surface area contributed by atoms with E-state index in [4.69, 9.17) is 4.74 Å². The van der Waals surface area contributed by atoms with Gasteiger partial charge in [-0.15, -0.1) is 11.3 Å². The summed E-state index contributed by atoms with van der Waals surface area (Å²) < 4.78 is 58.1. The Hall–Kier alpha value is -2.08. The molecule has 0 N–H and O–H groups in total. The minimum atomic E-state index is -1.89. The second-order valence-corrected chi connectivity index (χ2v) is 5.75. The first-order valence-corrected chi connectivity index (χ1v) is 7.24. The van der Waals surface area contributed by atoms with Crippen molar-refractivity contribution in [2.45, 2.75) is 6.92 Å². The van der Waals surface area contributed by atoms with Crippen LogP contribution in [0.2, 0.25) is 0 Å². The molecular formula is C16H10F4OS. The summed E-state index contributed by atoms with van der Waals surface area (Å²) in [6.45, 7) is 1.21. The largest absolute Gasteiger partial charge is 0.486 e. The highest BCUT2D eigenvalue weighted by molar-refractivity contribution is 7.25. The molecule has 114 valence electrons. The third-order valence-electron chi connectivity index (χ3n) is 3.32. The number of benzene rings is 2. The zero-order valence-corrected chi connectivity index (χ0v) is 12.2. The van der Waals surface area contributed by atoms with E-state index in [1.54, 1.807) is 25.1 Å². The van der Waals surface area contributed by atoms with Gasteiger partial charge < -0.3 is 4.74 Å². The maximum absolute atomic E-state index is 14.4. The molecule has 0 amide bonds. The Morgan fingerprint density at radius 1 is 1.05 bits per heavy atom. The van der Waals surface area contributed by atoms with Crippen molar-refractivity contribution in [2.24, 2.45) is 0 Å². The molecule has 0 atom stereocenters. The Bertz CT molecular complexity index is 894. The second-order valence-electron chi connectivity index (χ2n) is 4.73. The van der Waals surface area contributed by atoms with Gasteiger partial charge in [-0.1, -0.05) is 12.1 Å². The molecule has 1 heterocycles. The van der Waals surface area contributed by atoms with Crippen LogP contribution in [0.4, 0.5) is 17.6 Å². The fourth-order valence-corrected chi connectivity index (χ4v) is 3.45. The third-order valence-corrected chi connectivity index (χ3v) is 4.53. The molecule has 0 radical (unpaired) electrons. The topological polar surface area (TPSA) is 9.23 Å². The van der Waals surface area contributed by atoms with E-state index in [1.165, 1.54) is 6.07 Å². The molecule has 0 bridgehead atoms. The number of hydrogen-bond acceptors (Lipinski definition) is 2. The van der Waals surface area contributed by atoms with Crippen LogP contribution < -0.4 is 4.74 Å². The first-order chi connectivity index (χ1) is 10.5. The predicted molar refractivity (Wildman–Crippen MR) is 79.8 cm³/mol. The number of thiophene rings is 1. The summed E-state index contributed by atoms with van der Waals surface area (Å²) in [6.07, 6.45) is -1.33. The van der Waals surface area contributed by atoms with Crippen LogP contribution >= 0.6 is 11.3 Å². The summed E-state index contributed by atoms with van der Waals surface area (Å²) >= 11 is 0.989. The Morgan fingerprint density at radius 3 is 2.36 bits per heavy atom. The van der Waals surface area contributed by atoms with E-state index in [2.05, 4.69) is 0 Å². The lowest BCUT2D eigenvalue weighted by Gasteiger charge is -2.04. The molecular weight excluding hydrogens is 316 g/mol. The predicted octanol–water partition coefficient (Wildman–Crippen LogP) is 5.80. The van der Waals surface area contributed by atoms with Gasteiger partial charge in [0.05, 0.1) is 9.40 Å². The molecule has 0 aliphatic rings. The van der Waals surface area contributed by atoms with Crippen LogP contribution in [0, 0.1) is 18.6 Å². The summed E-state index contributed by atoms with van der Waals surface area (Å²) in [5, 5.41) is 1.21. The van der Waals surface area contributed by atoms with Crippen LogP contribution in [-0.2, 0) is 0 Å². The van der Waals surface area contributed by atoms with Gasteiger partial charge in [-0.2, -0.15) is 8.78 Å². The molecule has 1 aromatic heterocycles. The fourth-order valence-electron chi connectivity index (χ4n) is 2.22. The van der Waals surface area contributed by atoms with E-state index in [9.17, 15) is 17.6 Å². The molecule has 2 aromatic carbocycles. The summed E-state index contributed by atoms with van der Waals surface area (Å²) in [6, 6.07) is 6.36. The van der Waals surface area contributed by atoms with Crippen molar-refractivity contribution in [3.8, 4) is 5.75 Å². The molecule has 22 heavy (non-hydrogen) atoms. The third kappa shape index (κ3) is 2.43. The number of aryl methyl sites for hydroxylation is 1. The monoisotopic (exact) mass is 326 g/mol. The van der Waals surface area contributed by atoms with Gasteiger partial charge in [-0.05, 0) is 24.6 Å². The van der Waals surface area contributed by atoms with Crippen molar-refractivity contribution < 1.29 is 22.3 Å². The maximum Gasteiger partial charge on any atom is 0.269 e. The highest BCUT2D eigenvalue weighted by atomic mass is 32.1. The van der Waals surface area contributed by atoms with Crippen molar-refractivity contribution in [3.05, 3.63) is 53.6 Å². The van der Waals surface area contributed by atoms with Gasteiger partial charge in [0.25, 0.3) is 6.08 Å². The minimum Gasteiger partial charge on any atom is -0.486 e. The number of ether oxygens (including phenoxy) is 1.